The van der Waals surface area contributed by atoms with E-state index >= 15 is 0 Å². The van der Waals surface area contributed by atoms with Crippen LogP contribution >= 0.6 is 11.6 Å². The van der Waals surface area contributed by atoms with Crippen molar-refractivity contribution < 1.29 is 14.2 Å². The minimum atomic E-state index is -1.05. The van der Waals surface area contributed by atoms with Gasteiger partial charge < -0.3 is 9.84 Å². The Hall–Kier alpha value is -1.58. The molecule has 0 spiro atoms. The second kappa shape index (κ2) is 5.59. The molecule has 0 aliphatic heterocycles. The van der Waals surface area contributed by atoms with Crippen LogP contribution in [0.4, 0.5) is 4.39 Å². The largest absolute Gasteiger partial charge is 0.496 e. The molecule has 0 bridgehead atoms. The van der Waals surface area contributed by atoms with E-state index in [4.69, 9.17) is 16.3 Å². The fourth-order valence-electron chi connectivity index (χ4n) is 1.98. The van der Waals surface area contributed by atoms with Gasteiger partial charge in [0.2, 0.25) is 0 Å². The standard InChI is InChI=1S/C15H14ClFO2/c1-9-8-10(6-7-13(9)19-2)15(18)11-4-3-5-12(16)14(11)17/h3-8,15,18H,1-2H3. The van der Waals surface area contributed by atoms with E-state index in [1.54, 1.807) is 31.4 Å². The summed E-state index contributed by atoms with van der Waals surface area (Å²) in [4.78, 5) is 0. The van der Waals surface area contributed by atoms with Crippen LogP contribution in [0.2, 0.25) is 5.02 Å². The topological polar surface area (TPSA) is 29.5 Å². The lowest BCUT2D eigenvalue weighted by Crippen LogP contribution is -2.03. The first-order valence-corrected chi connectivity index (χ1v) is 6.19. The maximum atomic E-state index is 13.9. The fraction of sp³-hybridized carbons (Fsp3) is 0.200. The number of hydrogen-bond acceptors (Lipinski definition) is 2. The Labute approximate surface area is 116 Å². The zero-order valence-electron chi connectivity index (χ0n) is 10.7. The number of aliphatic hydroxyl groups excluding tert-OH is 1. The first-order chi connectivity index (χ1) is 9.04. The van der Waals surface area contributed by atoms with Gasteiger partial charge >= 0.3 is 0 Å². The Balaban J connectivity index is 2.41. The summed E-state index contributed by atoms with van der Waals surface area (Å²) >= 11 is 5.72. The summed E-state index contributed by atoms with van der Waals surface area (Å²) in [5.41, 5.74) is 1.64. The second-order valence-electron chi connectivity index (χ2n) is 4.27. The van der Waals surface area contributed by atoms with E-state index in [1.165, 1.54) is 12.1 Å². The van der Waals surface area contributed by atoms with Crippen LogP contribution in [0.5, 0.6) is 5.75 Å². The van der Waals surface area contributed by atoms with E-state index in [9.17, 15) is 9.50 Å². The van der Waals surface area contributed by atoms with Gasteiger partial charge in [0, 0.05) is 5.56 Å². The highest BCUT2D eigenvalue weighted by Crippen LogP contribution is 2.30. The smallest absolute Gasteiger partial charge is 0.147 e. The summed E-state index contributed by atoms with van der Waals surface area (Å²) in [6, 6.07) is 9.80. The molecule has 2 aromatic rings. The van der Waals surface area contributed by atoms with Gasteiger partial charge in [0.15, 0.2) is 0 Å². The molecule has 4 heteroatoms. The highest BCUT2D eigenvalue weighted by atomic mass is 35.5. The van der Waals surface area contributed by atoms with Crippen molar-refractivity contribution in [2.45, 2.75) is 13.0 Å². The highest BCUT2D eigenvalue weighted by Gasteiger charge is 2.17. The Kier molecular flexibility index (Phi) is 4.08. The molecule has 0 radical (unpaired) electrons. The molecule has 0 aliphatic rings. The molecule has 1 atom stereocenters. The molecular weight excluding hydrogens is 267 g/mol. The van der Waals surface area contributed by atoms with E-state index < -0.39 is 11.9 Å². The van der Waals surface area contributed by atoms with Crippen molar-refractivity contribution in [3.05, 3.63) is 63.9 Å². The van der Waals surface area contributed by atoms with Crippen molar-refractivity contribution >= 4 is 11.6 Å². The van der Waals surface area contributed by atoms with Crippen LogP contribution < -0.4 is 4.74 Å². The number of benzene rings is 2. The van der Waals surface area contributed by atoms with E-state index in [1.807, 2.05) is 6.92 Å². The van der Waals surface area contributed by atoms with E-state index in [0.29, 0.717) is 5.56 Å². The van der Waals surface area contributed by atoms with Gasteiger partial charge in [0.25, 0.3) is 0 Å². The summed E-state index contributed by atoms with van der Waals surface area (Å²) in [6.07, 6.45) is -1.05. The minimum absolute atomic E-state index is 0.00165. The SMILES string of the molecule is COc1ccc(C(O)c2cccc(Cl)c2F)cc1C. The van der Waals surface area contributed by atoms with Crippen LogP contribution in [-0.2, 0) is 0 Å². The van der Waals surface area contributed by atoms with Crippen molar-refractivity contribution in [1.82, 2.24) is 0 Å². The maximum Gasteiger partial charge on any atom is 0.147 e. The molecule has 0 fully saturated rings. The number of aryl methyl sites for hydroxylation is 1. The summed E-state index contributed by atoms with van der Waals surface area (Å²) in [5.74, 6) is 0.132. The van der Waals surface area contributed by atoms with Gasteiger partial charge in [-0.15, -0.1) is 0 Å². The number of ether oxygens (including phenoxy) is 1. The number of rotatable bonds is 3. The summed E-state index contributed by atoms with van der Waals surface area (Å²) in [6.45, 7) is 1.86. The van der Waals surface area contributed by atoms with Gasteiger partial charge in [-0.3, -0.25) is 0 Å². The van der Waals surface area contributed by atoms with E-state index in [2.05, 4.69) is 0 Å². The third-order valence-electron chi connectivity index (χ3n) is 3.01. The van der Waals surface area contributed by atoms with Crippen LogP contribution in [0.1, 0.15) is 22.8 Å². The van der Waals surface area contributed by atoms with Crippen LogP contribution in [0.25, 0.3) is 0 Å². The van der Waals surface area contributed by atoms with E-state index in [-0.39, 0.29) is 10.6 Å². The monoisotopic (exact) mass is 280 g/mol. The Morgan fingerprint density at radius 2 is 2.00 bits per heavy atom. The molecular formula is C15H14ClFO2. The van der Waals surface area contributed by atoms with Crippen molar-refractivity contribution in [3.8, 4) is 5.75 Å². The third kappa shape index (κ3) is 2.72. The van der Waals surface area contributed by atoms with Crippen LogP contribution in [0.15, 0.2) is 36.4 Å². The number of aliphatic hydroxyl groups is 1. The molecule has 1 N–H and O–H groups in total. The fourth-order valence-corrected chi connectivity index (χ4v) is 2.16. The lowest BCUT2D eigenvalue weighted by Gasteiger charge is -2.15. The van der Waals surface area contributed by atoms with Crippen molar-refractivity contribution in [2.24, 2.45) is 0 Å². The quantitative estimate of drug-likeness (QED) is 0.924. The molecule has 2 aromatic carbocycles. The first kappa shape index (κ1) is 13.8. The normalized spacial score (nSPS) is 12.3. The maximum absolute atomic E-state index is 13.9. The molecule has 2 nitrogen and oxygen atoms in total. The molecule has 2 rings (SSSR count). The number of hydrogen-bond donors (Lipinski definition) is 1. The summed E-state index contributed by atoms with van der Waals surface area (Å²) in [7, 11) is 1.58. The van der Waals surface area contributed by atoms with Crippen LogP contribution in [-0.4, -0.2) is 12.2 Å². The predicted molar refractivity (Wildman–Crippen MR) is 73.2 cm³/mol. The highest BCUT2D eigenvalue weighted by molar-refractivity contribution is 6.30. The molecule has 100 valence electrons. The van der Waals surface area contributed by atoms with Gasteiger partial charge in [0.1, 0.15) is 17.7 Å². The Morgan fingerprint density at radius 3 is 2.63 bits per heavy atom. The predicted octanol–water partition coefficient (Wildman–Crippen LogP) is 3.88. The van der Waals surface area contributed by atoms with Gasteiger partial charge in [-0.25, -0.2) is 4.39 Å². The Morgan fingerprint density at radius 1 is 1.26 bits per heavy atom. The first-order valence-electron chi connectivity index (χ1n) is 5.81. The van der Waals surface area contributed by atoms with Crippen molar-refractivity contribution in [2.75, 3.05) is 7.11 Å². The summed E-state index contributed by atoms with van der Waals surface area (Å²) in [5, 5.41) is 10.2. The zero-order chi connectivity index (χ0) is 14.0. The van der Waals surface area contributed by atoms with Crippen molar-refractivity contribution in [1.29, 1.82) is 0 Å². The van der Waals surface area contributed by atoms with Gasteiger partial charge in [-0.05, 0) is 36.2 Å². The zero-order valence-corrected chi connectivity index (χ0v) is 11.4. The lowest BCUT2D eigenvalue weighted by molar-refractivity contribution is 0.215. The average Bonchev–Trinajstić information content (AvgIpc) is 2.41. The molecule has 0 saturated carbocycles. The lowest BCUT2D eigenvalue weighted by atomic mass is 9.99. The molecule has 19 heavy (non-hydrogen) atoms. The molecule has 0 amide bonds. The number of methoxy groups -OCH3 is 1. The van der Waals surface area contributed by atoms with Crippen LogP contribution in [0, 0.1) is 12.7 Å². The molecule has 0 saturated heterocycles. The van der Waals surface area contributed by atoms with Gasteiger partial charge in [0.05, 0.1) is 12.1 Å². The minimum Gasteiger partial charge on any atom is -0.496 e. The third-order valence-corrected chi connectivity index (χ3v) is 3.30. The molecule has 0 heterocycles. The Bertz CT molecular complexity index is 599. The molecule has 0 aliphatic carbocycles. The molecule has 1 unspecified atom stereocenters. The van der Waals surface area contributed by atoms with E-state index in [0.717, 1.165) is 11.3 Å². The summed E-state index contributed by atoms with van der Waals surface area (Å²) < 4.78 is 19.0. The molecule has 0 aromatic heterocycles. The van der Waals surface area contributed by atoms with Crippen molar-refractivity contribution in [3.63, 3.8) is 0 Å². The van der Waals surface area contributed by atoms with Gasteiger partial charge in [-0.2, -0.15) is 0 Å². The second-order valence-corrected chi connectivity index (χ2v) is 4.68. The van der Waals surface area contributed by atoms with Crippen LogP contribution in [0.3, 0.4) is 0 Å². The number of halogens is 2. The average molecular weight is 281 g/mol. The van der Waals surface area contributed by atoms with Gasteiger partial charge in [-0.1, -0.05) is 29.8 Å².